The molecule has 0 fully saturated rings. The number of aryl methyl sites for hydroxylation is 1. The Hall–Kier alpha value is -2.88. The van der Waals surface area contributed by atoms with Gasteiger partial charge in [0, 0.05) is 33.4 Å². The predicted molar refractivity (Wildman–Crippen MR) is 104 cm³/mol. The van der Waals surface area contributed by atoms with Crippen LogP contribution in [0.1, 0.15) is 52.2 Å². The fourth-order valence-electron chi connectivity index (χ4n) is 3.75. The molecule has 0 bridgehead atoms. The van der Waals surface area contributed by atoms with E-state index in [1.807, 2.05) is 18.2 Å². The summed E-state index contributed by atoms with van der Waals surface area (Å²) in [6.45, 7) is 3.80. The Morgan fingerprint density at radius 3 is 2.77 bits per heavy atom. The molecular weight excluding hydrogens is 324 g/mol. The van der Waals surface area contributed by atoms with Gasteiger partial charge in [0.15, 0.2) is 5.78 Å². The molecule has 2 aromatic carbocycles. The lowest BCUT2D eigenvalue weighted by Crippen LogP contribution is -2.12. The number of H-pyrrole nitrogens is 1. The highest BCUT2D eigenvalue weighted by molar-refractivity contribution is 6.07. The van der Waals surface area contributed by atoms with Crippen molar-refractivity contribution >= 4 is 28.3 Å². The monoisotopic (exact) mass is 346 g/mol. The Bertz CT molecular complexity index is 1020. The van der Waals surface area contributed by atoms with E-state index in [1.165, 1.54) is 24.6 Å². The van der Waals surface area contributed by atoms with E-state index in [2.05, 4.69) is 17.2 Å². The number of aromatic nitrogens is 1. The topological polar surface area (TPSA) is 62.0 Å². The summed E-state index contributed by atoms with van der Waals surface area (Å²) >= 11 is 0. The van der Waals surface area contributed by atoms with E-state index in [1.54, 1.807) is 24.3 Å². The summed E-state index contributed by atoms with van der Waals surface area (Å²) in [5.41, 5.74) is 5.61. The molecule has 0 aliphatic heterocycles. The Morgan fingerprint density at radius 2 is 1.96 bits per heavy atom. The van der Waals surface area contributed by atoms with Crippen molar-refractivity contribution in [2.75, 3.05) is 5.32 Å². The highest BCUT2D eigenvalue weighted by Crippen LogP contribution is 2.32. The molecule has 0 radical (unpaired) electrons. The zero-order valence-corrected chi connectivity index (χ0v) is 15.1. The van der Waals surface area contributed by atoms with Crippen molar-refractivity contribution in [3.05, 3.63) is 64.8 Å². The summed E-state index contributed by atoms with van der Waals surface area (Å²) in [7, 11) is 0. The van der Waals surface area contributed by atoms with E-state index >= 15 is 0 Å². The summed E-state index contributed by atoms with van der Waals surface area (Å²) in [5.74, 6) is 0.496. The van der Waals surface area contributed by atoms with Crippen molar-refractivity contribution in [1.29, 1.82) is 0 Å². The number of carbonyl (C=O) groups excluding carboxylic acids is 2. The number of Topliss-reactive ketones (excluding diaryl/α,β-unsaturated/α-hetero) is 1. The number of fused-ring (bicyclic) bond motifs is 3. The Kier molecular flexibility index (Phi) is 4.11. The molecule has 132 valence electrons. The largest absolute Gasteiger partial charge is 0.358 e. The van der Waals surface area contributed by atoms with Crippen LogP contribution in [-0.2, 0) is 12.8 Å². The number of carbonyl (C=O) groups is 2. The van der Waals surface area contributed by atoms with E-state index < -0.39 is 0 Å². The number of rotatable bonds is 3. The number of hydrogen-bond donors (Lipinski definition) is 2. The molecule has 1 aromatic heterocycles. The third-order valence-corrected chi connectivity index (χ3v) is 5.22. The smallest absolute Gasteiger partial charge is 0.255 e. The number of aromatic amines is 1. The minimum absolute atomic E-state index is 0.0180. The van der Waals surface area contributed by atoms with Gasteiger partial charge >= 0.3 is 0 Å². The Balaban J connectivity index is 1.64. The maximum Gasteiger partial charge on any atom is 0.255 e. The van der Waals surface area contributed by atoms with Crippen LogP contribution in [-0.4, -0.2) is 16.7 Å². The van der Waals surface area contributed by atoms with E-state index in [-0.39, 0.29) is 11.7 Å². The van der Waals surface area contributed by atoms with E-state index in [4.69, 9.17) is 0 Å². The fraction of sp³-hybridized carbons (Fsp3) is 0.273. The number of ketones is 1. The Labute approximate surface area is 152 Å². The molecule has 0 spiro atoms. The summed E-state index contributed by atoms with van der Waals surface area (Å²) in [5, 5.41) is 4.05. The van der Waals surface area contributed by atoms with E-state index in [9.17, 15) is 9.59 Å². The second-order valence-electron chi connectivity index (χ2n) is 7.28. The molecule has 4 heteroatoms. The van der Waals surface area contributed by atoms with Crippen LogP contribution in [0.5, 0.6) is 0 Å². The molecule has 1 heterocycles. The zero-order valence-electron chi connectivity index (χ0n) is 15.1. The molecule has 1 aliphatic carbocycles. The molecule has 1 aliphatic rings. The van der Waals surface area contributed by atoms with Gasteiger partial charge in [-0.05, 0) is 68.0 Å². The van der Waals surface area contributed by atoms with Gasteiger partial charge in [0.1, 0.15) is 0 Å². The van der Waals surface area contributed by atoms with E-state index in [0.717, 1.165) is 23.7 Å². The lowest BCUT2D eigenvalue weighted by molar-refractivity contribution is 0.101. The number of anilines is 1. The standard InChI is InChI=1S/C22H22N2O2/c1-13-6-8-20-18(10-13)19-12-16(7-9-21(19)24-20)22(26)23-17-5-3-4-15(11-17)14(2)25/h3-5,7,9,11-13,24H,6,8,10H2,1-2H3,(H,23,26). The van der Waals surface area contributed by atoms with Crippen molar-refractivity contribution in [1.82, 2.24) is 4.98 Å². The van der Waals surface area contributed by atoms with Gasteiger partial charge in [0.05, 0.1) is 0 Å². The van der Waals surface area contributed by atoms with Crippen molar-refractivity contribution in [2.45, 2.75) is 33.1 Å². The van der Waals surface area contributed by atoms with Gasteiger partial charge < -0.3 is 10.3 Å². The third-order valence-electron chi connectivity index (χ3n) is 5.22. The lowest BCUT2D eigenvalue weighted by Gasteiger charge is -2.18. The first-order valence-electron chi connectivity index (χ1n) is 9.07. The van der Waals surface area contributed by atoms with Crippen molar-refractivity contribution in [3.8, 4) is 0 Å². The Morgan fingerprint density at radius 1 is 1.12 bits per heavy atom. The van der Waals surface area contributed by atoms with Crippen molar-refractivity contribution in [2.24, 2.45) is 5.92 Å². The third kappa shape index (κ3) is 3.03. The first-order chi connectivity index (χ1) is 12.5. The maximum atomic E-state index is 12.7. The lowest BCUT2D eigenvalue weighted by atomic mass is 9.87. The van der Waals surface area contributed by atoms with Crippen LogP contribution in [0.2, 0.25) is 0 Å². The van der Waals surface area contributed by atoms with E-state index in [0.29, 0.717) is 22.7 Å². The van der Waals surface area contributed by atoms with Gasteiger partial charge in [-0.3, -0.25) is 9.59 Å². The highest BCUT2D eigenvalue weighted by atomic mass is 16.1. The first-order valence-corrected chi connectivity index (χ1v) is 9.07. The molecule has 0 saturated carbocycles. The van der Waals surface area contributed by atoms with Crippen LogP contribution in [0.25, 0.3) is 10.9 Å². The molecule has 4 nitrogen and oxygen atoms in total. The summed E-state index contributed by atoms with van der Waals surface area (Å²) < 4.78 is 0. The molecule has 2 N–H and O–H groups in total. The quantitative estimate of drug-likeness (QED) is 0.672. The molecule has 1 atom stereocenters. The minimum atomic E-state index is -0.161. The van der Waals surface area contributed by atoms with Gasteiger partial charge in [-0.25, -0.2) is 0 Å². The van der Waals surface area contributed by atoms with Crippen LogP contribution in [0, 0.1) is 5.92 Å². The molecule has 26 heavy (non-hydrogen) atoms. The molecule has 4 rings (SSSR count). The summed E-state index contributed by atoms with van der Waals surface area (Å²) in [4.78, 5) is 27.7. The number of hydrogen-bond acceptors (Lipinski definition) is 2. The molecule has 1 amide bonds. The van der Waals surface area contributed by atoms with Gasteiger partial charge in [-0.2, -0.15) is 0 Å². The van der Waals surface area contributed by atoms with Crippen LogP contribution in [0.15, 0.2) is 42.5 Å². The van der Waals surface area contributed by atoms with Gasteiger partial charge in [0.2, 0.25) is 0 Å². The second kappa shape index (κ2) is 6.45. The van der Waals surface area contributed by atoms with Gasteiger partial charge in [-0.15, -0.1) is 0 Å². The fourth-order valence-corrected chi connectivity index (χ4v) is 3.75. The van der Waals surface area contributed by atoms with Crippen LogP contribution >= 0.6 is 0 Å². The van der Waals surface area contributed by atoms with Gasteiger partial charge in [-0.1, -0.05) is 19.1 Å². The molecule has 3 aromatic rings. The SMILES string of the molecule is CC(=O)c1cccc(NC(=O)c2ccc3[nH]c4c(c3c2)CC(C)CC4)c1. The second-order valence-corrected chi connectivity index (χ2v) is 7.28. The highest BCUT2D eigenvalue weighted by Gasteiger charge is 2.20. The maximum absolute atomic E-state index is 12.7. The molecular formula is C22H22N2O2. The number of amides is 1. The van der Waals surface area contributed by atoms with Crippen molar-refractivity contribution in [3.63, 3.8) is 0 Å². The predicted octanol–water partition coefficient (Wildman–Crippen LogP) is 4.75. The molecule has 1 unspecified atom stereocenters. The van der Waals surface area contributed by atoms with Gasteiger partial charge in [0.25, 0.3) is 5.91 Å². The van der Waals surface area contributed by atoms with Crippen LogP contribution < -0.4 is 5.32 Å². The zero-order chi connectivity index (χ0) is 18.3. The number of benzene rings is 2. The van der Waals surface area contributed by atoms with Crippen LogP contribution in [0.4, 0.5) is 5.69 Å². The average Bonchev–Trinajstić information content (AvgIpc) is 2.99. The number of nitrogens with one attached hydrogen (secondary N) is 2. The minimum Gasteiger partial charge on any atom is -0.358 e. The first kappa shape index (κ1) is 16.6. The van der Waals surface area contributed by atoms with Crippen molar-refractivity contribution < 1.29 is 9.59 Å². The van der Waals surface area contributed by atoms with Crippen LogP contribution in [0.3, 0.4) is 0 Å². The average molecular weight is 346 g/mol. The summed E-state index contributed by atoms with van der Waals surface area (Å²) in [6.07, 6.45) is 3.34. The normalized spacial score (nSPS) is 16.3. The summed E-state index contributed by atoms with van der Waals surface area (Å²) in [6, 6.07) is 12.8. The molecule has 0 saturated heterocycles.